The molecular formula is C20H26F2N6O3. The highest BCUT2D eigenvalue weighted by atomic mass is 19.2. The van der Waals surface area contributed by atoms with Gasteiger partial charge in [0.25, 0.3) is 5.88 Å². The van der Waals surface area contributed by atoms with Crippen molar-refractivity contribution in [1.29, 1.82) is 0 Å². The maximum absolute atomic E-state index is 15.0. The molecule has 1 aliphatic carbocycles. The van der Waals surface area contributed by atoms with Crippen LogP contribution in [0.25, 0.3) is 0 Å². The van der Waals surface area contributed by atoms with Gasteiger partial charge in [0.05, 0.1) is 18.4 Å². The fourth-order valence-electron chi connectivity index (χ4n) is 3.33. The van der Waals surface area contributed by atoms with Gasteiger partial charge in [0.1, 0.15) is 18.1 Å². The first kappa shape index (κ1) is 22.8. The lowest BCUT2D eigenvalue weighted by Crippen LogP contribution is -2.53. The second-order valence-electron chi connectivity index (χ2n) is 7.21. The van der Waals surface area contributed by atoms with Gasteiger partial charge in [-0.05, 0) is 25.0 Å². The van der Waals surface area contributed by atoms with Crippen LogP contribution in [0, 0.1) is 11.6 Å². The summed E-state index contributed by atoms with van der Waals surface area (Å²) in [5.74, 6) is -3.30. The second-order valence-corrected chi connectivity index (χ2v) is 7.21. The van der Waals surface area contributed by atoms with Crippen molar-refractivity contribution < 1.29 is 23.0 Å². The normalized spacial score (nSPS) is 18.6. The molecule has 2 heterocycles. The number of halogens is 2. The molecule has 168 valence electrons. The minimum Gasteiger partial charge on any atom is -0.473 e. The van der Waals surface area contributed by atoms with E-state index >= 15 is 4.39 Å². The van der Waals surface area contributed by atoms with E-state index in [1.54, 1.807) is 0 Å². The Balaban J connectivity index is 1.95. The van der Waals surface area contributed by atoms with E-state index in [9.17, 15) is 9.18 Å². The van der Waals surface area contributed by atoms with E-state index in [1.165, 1.54) is 30.4 Å². The van der Waals surface area contributed by atoms with Crippen LogP contribution in [0.2, 0.25) is 0 Å². The standard InChI is InChI=1S/C20H26F2N6O3/c1-30-8-9-31-20-18(22)17(21)15(11-26-20)28(27-14-5-3-2-4-13(14)23)16-7-6-12(10-25-16)19(24)29/h6-7,10-11,13-14,27H,2-5,8-9,23H2,1H3,(H2,24,29)/t13-,14+/m0/s1. The largest absolute Gasteiger partial charge is 0.473 e. The molecule has 1 fully saturated rings. The van der Waals surface area contributed by atoms with Gasteiger partial charge in [-0.25, -0.2) is 19.8 Å². The second kappa shape index (κ2) is 10.4. The van der Waals surface area contributed by atoms with Crippen LogP contribution in [0.3, 0.4) is 0 Å². The van der Waals surface area contributed by atoms with Gasteiger partial charge in [-0.3, -0.25) is 9.80 Å². The summed E-state index contributed by atoms with van der Waals surface area (Å²) >= 11 is 0. The van der Waals surface area contributed by atoms with Crippen molar-refractivity contribution in [3.05, 3.63) is 41.7 Å². The van der Waals surface area contributed by atoms with E-state index in [1.807, 2.05) is 0 Å². The Hall–Kier alpha value is -2.89. The predicted octanol–water partition coefficient (Wildman–Crippen LogP) is 1.79. The maximum atomic E-state index is 15.0. The van der Waals surface area contributed by atoms with Crippen LogP contribution in [0.15, 0.2) is 24.5 Å². The zero-order valence-electron chi connectivity index (χ0n) is 17.2. The van der Waals surface area contributed by atoms with Crippen LogP contribution in [0.1, 0.15) is 36.0 Å². The van der Waals surface area contributed by atoms with Gasteiger partial charge in [0, 0.05) is 25.4 Å². The molecule has 3 rings (SSSR count). The zero-order chi connectivity index (χ0) is 22.4. The van der Waals surface area contributed by atoms with Crippen LogP contribution in [-0.2, 0) is 4.74 Å². The summed E-state index contributed by atoms with van der Waals surface area (Å²) in [6.45, 7) is 0.224. The monoisotopic (exact) mass is 436 g/mol. The molecule has 0 radical (unpaired) electrons. The highest BCUT2D eigenvalue weighted by molar-refractivity contribution is 5.92. The van der Waals surface area contributed by atoms with E-state index in [0.29, 0.717) is 0 Å². The fourth-order valence-corrected chi connectivity index (χ4v) is 3.33. The number of nitrogens with two attached hydrogens (primary N) is 2. The number of aromatic nitrogens is 2. The van der Waals surface area contributed by atoms with Crippen molar-refractivity contribution >= 4 is 17.4 Å². The summed E-state index contributed by atoms with van der Waals surface area (Å²) in [5.41, 5.74) is 14.6. The Labute approximate surface area is 178 Å². The Kier molecular flexibility index (Phi) is 7.66. The molecule has 1 aliphatic rings. The van der Waals surface area contributed by atoms with Crippen LogP contribution in [0.5, 0.6) is 5.88 Å². The van der Waals surface area contributed by atoms with Gasteiger partial charge in [-0.1, -0.05) is 12.8 Å². The number of pyridine rings is 2. The number of primary amides is 1. The van der Waals surface area contributed by atoms with E-state index in [0.717, 1.165) is 31.9 Å². The molecule has 0 saturated heterocycles. The van der Waals surface area contributed by atoms with Crippen LogP contribution in [0.4, 0.5) is 20.3 Å². The third-order valence-electron chi connectivity index (χ3n) is 5.05. The summed E-state index contributed by atoms with van der Waals surface area (Å²) < 4.78 is 39.6. The lowest BCUT2D eigenvalue weighted by atomic mass is 9.91. The lowest BCUT2D eigenvalue weighted by Gasteiger charge is -2.35. The first-order valence-corrected chi connectivity index (χ1v) is 9.95. The molecule has 1 amide bonds. The van der Waals surface area contributed by atoms with Gasteiger partial charge >= 0.3 is 0 Å². The van der Waals surface area contributed by atoms with Crippen molar-refractivity contribution in [3.8, 4) is 5.88 Å². The van der Waals surface area contributed by atoms with Gasteiger partial charge in [0.2, 0.25) is 11.7 Å². The molecule has 11 heteroatoms. The van der Waals surface area contributed by atoms with Crippen molar-refractivity contribution in [2.75, 3.05) is 25.3 Å². The number of carbonyl (C=O) groups excluding carboxylic acids is 1. The van der Waals surface area contributed by atoms with Gasteiger partial charge in [-0.2, -0.15) is 4.39 Å². The quantitative estimate of drug-likeness (QED) is 0.401. The number of amides is 1. The number of hydrogen-bond donors (Lipinski definition) is 3. The van der Waals surface area contributed by atoms with Crippen LogP contribution >= 0.6 is 0 Å². The fraction of sp³-hybridized carbons (Fsp3) is 0.450. The van der Waals surface area contributed by atoms with Gasteiger partial charge in [-0.15, -0.1) is 0 Å². The molecule has 1 saturated carbocycles. The Morgan fingerprint density at radius 1 is 1.19 bits per heavy atom. The molecule has 0 spiro atoms. The lowest BCUT2D eigenvalue weighted by molar-refractivity contribution is 0.1000. The van der Waals surface area contributed by atoms with Crippen molar-refractivity contribution in [2.24, 2.45) is 11.5 Å². The molecule has 9 nitrogen and oxygen atoms in total. The van der Waals surface area contributed by atoms with E-state index in [2.05, 4.69) is 15.4 Å². The number of rotatable bonds is 9. The van der Waals surface area contributed by atoms with Crippen LogP contribution < -0.4 is 26.6 Å². The topological polar surface area (TPSA) is 129 Å². The number of nitrogens with zero attached hydrogens (tertiary/aromatic N) is 3. The first-order chi connectivity index (χ1) is 14.9. The Bertz CT molecular complexity index is 899. The van der Waals surface area contributed by atoms with Crippen molar-refractivity contribution in [3.63, 3.8) is 0 Å². The molecule has 2 aromatic rings. The number of carbonyl (C=O) groups is 1. The molecule has 0 unspecified atom stereocenters. The third kappa shape index (κ3) is 5.43. The van der Waals surface area contributed by atoms with Gasteiger partial charge in [0.15, 0.2) is 5.82 Å². The molecule has 31 heavy (non-hydrogen) atoms. The number of nitrogens with one attached hydrogen (secondary N) is 1. The summed E-state index contributed by atoms with van der Waals surface area (Å²) in [6, 6.07) is 2.57. The average molecular weight is 436 g/mol. The zero-order valence-corrected chi connectivity index (χ0v) is 17.2. The first-order valence-electron chi connectivity index (χ1n) is 9.95. The highest BCUT2D eigenvalue weighted by Gasteiger charge is 2.28. The average Bonchev–Trinajstić information content (AvgIpc) is 2.77. The summed E-state index contributed by atoms with van der Waals surface area (Å²) in [4.78, 5) is 19.4. The number of hydrogen-bond acceptors (Lipinski definition) is 8. The van der Waals surface area contributed by atoms with E-state index in [4.69, 9.17) is 20.9 Å². The predicted molar refractivity (Wildman–Crippen MR) is 110 cm³/mol. The highest BCUT2D eigenvalue weighted by Crippen LogP contribution is 2.30. The van der Waals surface area contributed by atoms with Gasteiger partial charge < -0.3 is 20.9 Å². The SMILES string of the molecule is COCCOc1ncc(N(N[C@@H]2CCCC[C@@H]2N)c2ccc(C(N)=O)cn2)c(F)c1F. The van der Waals surface area contributed by atoms with E-state index < -0.39 is 23.4 Å². The minimum atomic E-state index is -1.23. The molecule has 2 atom stereocenters. The number of hydrazine groups is 1. The Morgan fingerprint density at radius 3 is 2.61 bits per heavy atom. The molecule has 0 aromatic carbocycles. The molecule has 0 aliphatic heterocycles. The summed E-state index contributed by atoms with van der Waals surface area (Å²) in [7, 11) is 1.47. The van der Waals surface area contributed by atoms with Crippen molar-refractivity contribution in [2.45, 2.75) is 37.8 Å². The van der Waals surface area contributed by atoms with E-state index in [-0.39, 0.29) is 42.4 Å². The number of methoxy groups -OCH3 is 1. The number of ether oxygens (including phenoxy) is 2. The molecule has 5 N–H and O–H groups in total. The molecular weight excluding hydrogens is 410 g/mol. The Morgan fingerprint density at radius 2 is 1.97 bits per heavy atom. The van der Waals surface area contributed by atoms with Crippen molar-refractivity contribution in [1.82, 2.24) is 15.4 Å². The smallest absolute Gasteiger partial charge is 0.253 e. The summed E-state index contributed by atoms with van der Waals surface area (Å²) in [5, 5.41) is 1.28. The molecule has 2 aromatic heterocycles. The third-order valence-corrected chi connectivity index (χ3v) is 5.05. The minimum absolute atomic E-state index is 0.0221. The maximum Gasteiger partial charge on any atom is 0.253 e. The number of anilines is 2. The van der Waals surface area contributed by atoms with Crippen LogP contribution in [-0.4, -0.2) is 48.3 Å². The summed E-state index contributed by atoms with van der Waals surface area (Å²) in [6.07, 6.45) is 5.92. The molecule has 0 bridgehead atoms.